The van der Waals surface area contributed by atoms with Crippen molar-refractivity contribution in [2.75, 3.05) is 20.3 Å². The summed E-state index contributed by atoms with van der Waals surface area (Å²) in [5.74, 6) is -0.0582. The third-order valence-corrected chi connectivity index (χ3v) is 5.67. The van der Waals surface area contributed by atoms with Gasteiger partial charge < -0.3 is 14.2 Å². The molecule has 0 spiro atoms. The predicted molar refractivity (Wildman–Crippen MR) is 123 cm³/mol. The molecule has 5 heteroatoms. The molecule has 0 N–H and O–H groups in total. The van der Waals surface area contributed by atoms with Gasteiger partial charge in [-0.25, -0.2) is 9.59 Å². The molecule has 5 nitrogen and oxygen atoms in total. The second-order valence-electron chi connectivity index (χ2n) is 8.20. The summed E-state index contributed by atoms with van der Waals surface area (Å²) < 4.78 is 15.8. The molecule has 2 rings (SSSR count). The van der Waals surface area contributed by atoms with E-state index in [1.165, 1.54) is 18.7 Å². The highest BCUT2D eigenvalue weighted by molar-refractivity contribution is 5.87. The molecule has 170 valence electrons. The molecule has 0 heterocycles. The smallest absolute Gasteiger partial charge is 0.333 e. The minimum atomic E-state index is -0.341. The Morgan fingerprint density at radius 2 is 1.65 bits per heavy atom. The molecule has 1 aliphatic carbocycles. The minimum absolute atomic E-state index is 0.301. The molecule has 1 aromatic rings. The first-order valence-corrected chi connectivity index (χ1v) is 11.3. The first kappa shape index (κ1) is 24.9. The van der Waals surface area contributed by atoms with Crippen molar-refractivity contribution in [3.05, 3.63) is 53.6 Å². The molecule has 1 saturated carbocycles. The van der Waals surface area contributed by atoms with E-state index in [9.17, 15) is 9.59 Å². The van der Waals surface area contributed by atoms with Crippen LogP contribution >= 0.6 is 0 Å². The lowest BCUT2D eigenvalue weighted by atomic mass is 9.82. The summed E-state index contributed by atoms with van der Waals surface area (Å²) in [5, 5.41) is 0. The summed E-state index contributed by atoms with van der Waals surface area (Å²) in [6, 6.07) is 8.43. The molecule has 0 radical (unpaired) electrons. The largest absolute Gasteiger partial charge is 0.466 e. The normalized spacial score (nSPS) is 18.6. The first-order valence-electron chi connectivity index (χ1n) is 11.3. The molecule has 1 aliphatic rings. The fourth-order valence-electron chi connectivity index (χ4n) is 3.77. The van der Waals surface area contributed by atoms with Crippen molar-refractivity contribution in [3.8, 4) is 0 Å². The molecule has 1 aromatic carbocycles. The Balaban J connectivity index is 1.56. The number of carbonyl (C=O) groups excluding carboxylic acids is 2. The molecule has 1 fully saturated rings. The fraction of sp³-hybridized carbons (Fsp3) is 0.538. The van der Waals surface area contributed by atoms with Crippen LogP contribution in [0.1, 0.15) is 75.3 Å². The van der Waals surface area contributed by atoms with E-state index in [0.29, 0.717) is 24.2 Å². The highest BCUT2D eigenvalue weighted by Crippen LogP contribution is 2.34. The number of hydrogen-bond acceptors (Lipinski definition) is 5. The van der Waals surface area contributed by atoms with Gasteiger partial charge in [0.15, 0.2) is 0 Å². The maximum absolute atomic E-state index is 11.3. The second-order valence-corrected chi connectivity index (χ2v) is 8.20. The van der Waals surface area contributed by atoms with Gasteiger partial charge in [-0.1, -0.05) is 37.3 Å². The van der Waals surface area contributed by atoms with Crippen LogP contribution in [0.4, 0.5) is 0 Å². The Labute approximate surface area is 186 Å². The SMILES string of the molecule is C=C(C)C(=O)OCCCCCCOC1CCC(c2ccc(/C=C/C(=O)OC)cc2)CC1. The Morgan fingerprint density at radius 1 is 1.00 bits per heavy atom. The maximum atomic E-state index is 11.3. The average Bonchev–Trinajstić information content (AvgIpc) is 2.79. The zero-order chi connectivity index (χ0) is 22.5. The molecular formula is C26H36O5. The lowest BCUT2D eigenvalue weighted by Gasteiger charge is -2.29. The Kier molecular flexibility index (Phi) is 11.1. The van der Waals surface area contributed by atoms with Crippen molar-refractivity contribution < 1.29 is 23.8 Å². The summed E-state index contributed by atoms with van der Waals surface area (Å²) in [5.41, 5.74) is 2.81. The molecule has 0 aromatic heterocycles. The standard InChI is InChI=1S/C26H36O5/c1-20(2)26(28)31-19-7-5-4-6-18-30-24-15-13-23(14-16-24)22-11-8-21(9-12-22)10-17-25(27)29-3/h8-12,17,23-24H,1,4-7,13-16,18-19H2,2-3H3/b17-10+. The van der Waals surface area contributed by atoms with Crippen LogP contribution in [0.25, 0.3) is 6.08 Å². The molecule has 0 saturated heterocycles. The monoisotopic (exact) mass is 428 g/mol. The van der Waals surface area contributed by atoms with Crippen molar-refractivity contribution in [1.29, 1.82) is 0 Å². The quantitative estimate of drug-likeness (QED) is 0.246. The topological polar surface area (TPSA) is 61.8 Å². The molecule has 0 unspecified atom stereocenters. The predicted octanol–water partition coefficient (Wildman–Crippen LogP) is 5.60. The van der Waals surface area contributed by atoms with Crippen LogP contribution < -0.4 is 0 Å². The summed E-state index contributed by atoms with van der Waals surface area (Å²) in [6.07, 6.45) is 12.2. The molecule has 0 bridgehead atoms. The number of rotatable bonds is 12. The van der Waals surface area contributed by atoms with Crippen LogP contribution in [0.3, 0.4) is 0 Å². The van der Waals surface area contributed by atoms with Gasteiger partial charge in [-0.15, -0.1) is 0 Å². The maximum Gasteiger partial charge on any atom is 0.333 e. The Bertz CT molecular complexity index is 727. The third kappa shape index (κ3) is 9.52. The van der Waals surface area contributed by atoms with E-state index >= 15 is 0 Å². The van der Waals surface area contributed by atoms with Crippen LogP contribution in [-0.4, -0.2) is 38.4 Å². The van der Waals surface area contributed by atoms with Crippen molar-refractivity contribution in [2.45, 2.75) is 70.3 Å². The number of ether oxygens (including phenoxy) is 3. The van der Waals surface area contributed by atoms with Crippen molar-refractivity contribution in [3.63, 3.8) is 0 Å². The Morgan fingerprint density at radius 3 is 2.26 bits per heavy atom. The van der Waals surface area contributed by atoms with Crippen LogP contribution in [0.2, 0.25) is 0 Å². The molecule has 0 atom stereocenters. The number of methoxy groups -OCH3 is 1. The van der Waals surface area contributed by atoms with Gasteiger partial charge in [0, 0.05) is 18.3 Å². The first-order chi connectivity index (χ1) is 15.0. The van der Waals surface area contributed by atoms with Gasteiger partial charge in [0.25, 0.3) is 0 Å². The number of hydrogen-bond donors (Lipinski definition) is 0. The van der Waals surface area contributed by atoms with Gasteiger partial charge in [-0.05, 0) is 75.0 Å². The van der Waals surface area contributed by atoms with E-state index in [4.69, 9.17) is 9.47 Å². The summed E-state index contributed by atoms with van der Waals surface area (Å²) in [6.45, 7) is 6.51. The van der Waals surface area contributed by atoms with Crippen LogP contribution in [0.5, 0.6) is 0 Å². The molecule has 31 heavy (non-hydrogen) atoms. The summed E-state index contributed by atoms with van der Waals surface area (Å²) in [7, 11) is 1.38. The lowest BCUT2D eigenvalue weighted by molar-refractivity contribution is -0.139. The van der Waals surface area contributed by atoms with Gasteiger partial charge in [0.2, 0.25) is 0 Å². The zero-order valence-electron chi connectivity index (χ0n) is 18.9. The summed E-state index contributed by atoms with van der Waals surface area (Å²) in [4.78, 5) is 22.5. The number of unbranched alkanes of at least 4 members (excludes halogenated alkanes) is 3. The second kappa shape index (κ2) is 13.8. The van der Waals surface area contributed by atoms with Gasteiger partial charge in [0.05, 0.1) is 19.8 Å². The minimum Gasteiger partial charge on any atom is -0.466 e. The van der Waals surface area contributed by atoms with Gasteiger partial charge in [-0.3, -0.25) is 0 Å². The molecule has 0 aliphatic heterocycles. The highest BCUT2D eigenvalue weighted by atomic mass is 16.5. The van der Waals surface area contributed by atoms with E-state index in [1.54, 1.807) is 13.0 Å². The fourth-order valence-corrected chi connectivity index (χ4v) is 3.77. The van der Waals surface area contributed by atoms with E-state index in [0.717, 1.165) is 63.5 Å². The highest BCUT2D eigenvalue weighted by Gasteiger charge is 2.22. The molecular weight excluding hydrogens is 392 g/mol. The van der Waals surface area contributed by atoms with Crippen LogP contribution in [0, 0.1) is 0 Å². The molecule has 0 amide bonds. The van der Waals surface area contributed by atoms with E-state index in [-0.39, 0.29) is 11.9 Å². The van der Waals surface area contributed by atoms with Crippen molar-refractivity contribution >= 4 is 18.0 Å². The number of benzene rings is 1. The number of carbonyl (C=O) groups is 2. The van der Waals surface area contributed by atoms with E-state index in [1.807, 2.05) is 0 Å². The van der Waals surface area contributed by atoms with E-state index in [2.05, 4.69) is 35.6 Å². The number of esters is 2. The average molecular weight is 429 g/mol. The van der Waals surface area contributed by atoms with Crippen molar-refractivity contribution in [2.24, 2.45) is 0 Å². The Hall–Kier alpha value is -2.40. The van der Waals surface area contributed by atoms with Gasteiger partial charge in [0.1, 0.15) is 0 Å². The van der Waals surface area contributed by atoms with E-state index < -0.39 is 0 Å². The lowest BCUT2D eigenvalue weighted by Crippen LogP contribution is -2.21. The van der Waals surface area contributed by atoms with Crippen LogP contribution in [-0.2, 0) is 23.8 Å². The van der Waals surface area contributed by atoms with Gasteiger partial charge >= 0.3 is 11.9 Å². The third-order valence-electron chi connectivity index (χ3n) is 5.67. The van der Waals surface area contributed by atoms with Crippen molar-refractivity contribution in [1.82, 2.24) is 0 Å². The zero-order valence-corrected chi connectivity index (χ0v) is 18.9. The van der Waals surface area contributed by atoms with Crippen LogP contribution in [0.15, 0.2) is 42.5 Å². The van der Waals surface area contributed by atoms with Gasteiger partial charge in [-0.2, -0.15) is 0 Å². The summed E-state index contributed by atoms with van der Waals surface area (Å²) >= 11 is 0.